The molecule has 22 heavy (non-hydrogen) atoms. The SMILES string of the molecule is OC1c2c(C(F)(F)F)cc(-c3cc(F)cc(Cl)c3)n2CC1F. The minimum absolute atomic E-state index is 0.00875. The van der Waals surface area contributed by atoms with Crippen molar-refractivity contribution in [3.8, 4) is 11.3 Å². The maximum atomic E-state index is 13.6. The molecule has 1 aromatic carbocycles. The van der Waals surface area contributed by atoms with Crippen molar-refractivity contribution in [1.82, 2.24) is 4.57 Å². The van der Waals surface area contributed by atoms with Gasteiger partial charge in [0.15, 0.2) is 0 Å². The number of hydrogen-bond acceptors (Lipinski definition) is 1. The van der Waals surface area contributed by atoms with Crippen LogP contribution in [0, 0.1) is 5.82 Å². The minimum atomic E-state index is -4.75. The van der Waals surface area contributed by atoms with Gasteiger partial charge in [-0.15, -0.1) is 0 Å². The molecule has 1 aliphatic rings. The summed E-state index contributed by atoms with van der Waals surface area (Å²) in [5.41, 5.74) is -1.63. The van der Waals surface area contributed by atoms with Crippen LogP contribution in [0.25, 0.3) is 11.3 Å². The molecular formula is C14H9ClF5NO. The van der Waals surface area contributed by atoms with Crippen molar-refractivity contribution >= 4 is 11.6 Å². The van der Waals surface area contributed by atoms with Crippen LogP contribution < -0.4 is 0 Å². The lowest BCUT2D eigenvalue weighted by atomic mass is 10.1. The highest BCUT2D eigenvalue weighted by Gasteiger charge is 2.44. The van der Waals surface area contributed by atoms with Crippen molar-refractivity contribution in [1.29, 1.82) is 0 Å². The maximum Gasteiger partial charge on any atom is 0.418 e. The Labute approximate surface area is 126 Å². The number of aromatic nitrogens is 1. The van der Waals surface area contributed by atoms with Gasteiger partial charge in [0.25, 0.3) is 0 Å². The van der Waals surface area contributed by atoms with E-state index >= 15 is 0 Å². The van der Waals surface area contributed by atoms with Crippen LogP contribution >= 0.6 is 11.6 Å². The molecule has 1 N–H and O–H groups in total. The molecular weight excluding hydrogens is 329 g/mol. The average molecular weight is 338 g/mol. The Kier molecular flexibility index (Phi) is 3.45. The van der Waals surface area contributed by atoms with Crippen LogP contribution in [0.5, 0.6) is 0 Å². The zero-order valence-electron chi connectivity index (χ0n) is 10.8. The summed E-state index contributed by atoms with van der Waals surface area (Å²) >= 11 is 5.71. The van der Waals surface area contributed by atoms with E-state index in [1.165, 1.54) is 6.07 Å². The zero-order valence-corrected chi connectivity index (χ0v) is 11.6. The number of hydrogen-bond donors (Lipinski definition) is 1. The van der Waals surface area contributed by atoms with Gasteiger partial charge in [-0.05, 0) is 24.3 Å². The van der Waals surface area contributed by atoms with E-state index in [4.69, 9.17) is 11.6 Å². The normalized spacial score (nSPS) is 21.2. The molecule has 2 heterocycles. The summed E-state index contributed by atoms with van der Waals surface area (Å²) < 4.78 is 67.3. The Hall–Kier alpha value is -1.60. The predicted octanol–water partition coefficient (Wildman–Crippen LogP) is 4.35. The first-order valence-electron chi connectivity index (χ1n) is 6.27. The molecule has 1 aromatic heterocycles. The topological polar surface area (TPSA) is 25.2 Å². The lowest BCUT2D eigenvalue weighted by Gasteiger charge is -2.10. The van der Waals surface area contributed by atoms with E-state index in [1.807, 2.05) is 0 Å². The molecule has 3 rings (SSSR count). The van der Waals surface area contributed by atoms with Crippen LogP contribution in [-0.4, -0.2) is 15.8 Å². The summed E-state index contributed by atoms with van der Waals surface area (Å²) in [7, 11) is 0. The summed E-state index contributed by atoms with van der Waals surface area (Å²) in [4.78, 5) is 0. The third-order valence-electron chi connectivity index (χ3n) is 3.58. The van der Waals surface area contributed by atoms with Gasteiger partial charge in [-0.1, -0.05) is 11.6 Å². The Balaban J connectivity index is 2.24. The summed E-state index contributed by atoms with van der Waals surface area (Å²) in [6.45, 7) is -0.434. The highest BCUT2D eigenvalue weighted by Crippen LogP contribution is 2.44. The number of fused-ring (bicyclic) bond motifs is 1. The molecule has 0 bridgehead atoms. The first kappa shape index (κ1) is 15.3. The quantitative estimate of drug-likeness (QED) is 0.769. The molecule has 2 atom stereocenters. The van der Waals surface area contributed by atoms with E-state index in [0.717, 1.165) is 22.8 Å². The van der Waals surface area contributed by atoms with Crippen molar-refractivity contribution in [3.63, 3.8) is 0 Å². The van der Waals surface area contributed by atoms with Gasteiger partial charge in [-0.3, -0.25) is 0 Å². The highest BCUT2D eigenvalue weighted by atomic mass is 35.5. The van der Waals surface area contributed by atoms with E-state index < -0.39 is 42.1 Å². The number of nitrogens with zero attached hydrogens (tertiary/aromatic N) is 1. The molecule has 0 aliphatic carbocycles. The molecule has 118 valence electrons. The van der Waals surface area contributed by atoms with Gasteiger partial charge in [0.1, 0.15) is 18.1 Å². The van der Waals surface area contributed by atoms with Crippen LogP contribution in [0.3, 0.4) is 0 Å². The maximum absolute atomic E-state index is 13.6. The van der Waals surface area contributed by atoms with E-state index in [1.54, 1.807) is 0 Å². The Bertz CT molecular complexity index is 719. The minimum Gasteiger partial charge on any atom is -0.384 e. The third kappa shape index (κ3) is 2.38. The predicted molar refractivity (Wildman–Crippen MR) is 69.7 cm³/mol. The fourth-order valence-corrected chi connectivity index (χ4v) is 2.91. The van der Waals surface area contributed by atoms with Crippen molar-refractivity contribution in [2.45, 2.75) is 25.0 Å². The van der Waals surface area contributed by atoms with Crippen LogP contribution in [-0.2, 0) is 12.7 Å². The summed E-state index contributed by atoms with van der Waals surface area (Å²) in [5.74, 6) is -0.720. The first-order valence-corrected chi connectivity index (χ1v) is 6.65. The molecule has 0 fully saturated rings. The zero-order chi connectivity index (χ0) is 16.2. The van der Waals surface area contributed by atoms with Crippen molar-refractivity contribution in [3.05, 3.63) is 46.4 Å². The molecule has 1 aliphatic heterocycles. The lowest BCUT2D eigenvalue weighted by Crippen LogP contribution is -2.12. The van der Waals surface area contributed by atoms with Gasteiger partial charge in [0, 0.05) is 16.3 Å². The number of benzene rings is 1. The summed E-state index contributed by atoms with van der Waals surface area (Å²) in [6, 6.07) is 4.07. The fraction of sp³-hybridized carbons (Fsp3) is 0.286. The second kappa shape index (κ2) is 4.96. The molecule has 2 unspecified atom stereocenters. The van der Waals surface area contributed by atoms with Gasteiger partial charge in [-0.25, -0.2) is 8.78 Å². The van der Waals surface area contributed by atoms with E-state index in [0.29, 0.717) is 0 Å². The summed E-state index contributed by atoms with van der Waals surface area (Å²) in [6.07, 6.45) is -8.47. The molecule has 2 nitrogen and oxygen atoms in total. The fourth-order valence-electron chi connectivity index (χ4n) is 2.69. The number of aliphatic hydroxyl groups is 1. The van der Waals surface area contributed by atoms with Crippen LogP contribution in [0.4, 0.5) is 22.0 Å². The average Bonchev–Trinajstić information content (AvgIpc) is 2.87. The van der Waals surface area contributed by atoms with Gasteiger partial charge in [0.05, 0.1) is 17.8 Å². The van der Waals surface area contributed by atoms with Crippen molar-refractivity contribution < 1.29 is 27.1 Å². The Morgan fingerprint density at radius 3 is 2.45 bits per heavy atom. The van der Waals surface area contributed by atoms with Gasteiger partial charge < -0.3 is 9.67 Å². The monoisotopic (exact) mass is 337 g/mol. The largest absolute Gasteiger partial charge is 0.418 e. The number of alkyl halides is 4. The first-order chi connectivity index (χ1) is 10.2. The molecule has 0 saturated carbocycles. The highest BCUT2D eigenvalue weighted by molar-refractivity contribution is 6.30. The third-order valence-corrected chi connectivity index (χ3v) is 3.80. The number of halogens is 6. The van der Waals surface area contributed by atoms with E-state index in [9.17, 15) is 27.1 Å². The van der Waals surface area contributed by atoms with Crippen LogP contribution in [0.2, 0.25) is 5.02 Å². The second-order valence-corrected chi connectivity index (χ2v) is 5.49. The molecule has 0 saturated heterocycles. The van der Waals surface area contributed by atoms with Gasteiger partial charge >= 0.3 is 6.18 Å². The lowest BCUT2D eigenvalue weighted by molar-refractivity contribution is -0.139. The van der Waals surface area contributed by atoms with Crippen LogP contribution in [0.15, 0.2) is 24.3 Å². The van der Waals surface area contributed by atoms with E-state index in [-0.39, 0.29) is 16.3 Å². The molecule has 0 spiro atoms. The molecule has 0 radical (unpaired) electrons. The Morgan fingerprint density at radius 2 is 1.86 bits per heavy atom. The summed E-state index contributed by atoms with van der Waals surface area (Å²) in [5, 5.41) is 9.68. The number of aliphatic hydroxyl groups excluding tert-OH is 1. The van der Waals surface area contributed by atoms with Gasteiger partial charge in [-0.2, -0.15) is 13.2 Å². The van der Waals surface area contributed by atoms with Gasteiger partial charge in [0.2, 0.25) is 0 Å². The van der Waals surface area contributed by atoms with Crippen LogP contribution in [0.1, 0.15) is 17.4 Å². The van der Waals surface area contributed by atoms with E-state index in [2.05, 4.69) is 0 Å². The second-order valence-electron chi connectivity index (χ2n) is 5.06. The molecule has 0 amide bonds. The molecule has 8 heteroatoms. The standard InChI is InChI=1S/C14H9ClF5NO/c15-7-1-6(2-8(16)3-7)11-4-9(14(18,19)20)12-13(22)10(17)5-21(11)12/h1-4,10,13,22H,5H2. The number of rotatable bonds is 1. The Morgan fingerprint density at radius 1 is 1.18 bits per heavy atom. The van der Waals surface area contributed by atoms with Crippen molar-refractivity contribution in [2.75, 3.05) is 0 Å². The smallest absolute Gasteiger partial charge is 0.384 e. The van der Waals surface area contributed by atoms with Crippen molar-refractivity contribution in [2.24, 2.45) is 0 Å². The molecule has 2 aromatic rings.